The van der Waals surface area contributed by atoms with Crippen LogP contribution < -0.4 is 10.0 Å². The Labute approximate surface area is 186 Å². The first-order valence-corrected chi connectivity index (χ1v) is 12.6. The average molecular weight is 475 g/mol. The molecule has 12 heteroatoms. The molecule has 0 radical (unpaired) electrons. The highest BCUT2D eigenvalue weighted by molar-refractivity contribution is 7.94. The smallest absolute Gasteiger partial charge is 0.277 e. The van der Waals surface area contributed by atoms with Crippen LogP contribution in [0.2, 0.25) is 0 Å². The van der Waals surface area contributed by atoms with Gasteiger partial charge in [0.05, 0.1) is 27.9 Å². The van der Waals surface area contributed by atoms with E-state index in [0.29, 0.717) is 28.6 Å². The van der Waals surface area contributed by atoms with Gasteiger partial charge in [-0.15, -0.1) is 11.3 Å². The number of aromatic nitrogens is 3. The van der Waals surface area contributed by atoms with Crippen molar-refractivity contribution in [2.24, 2.45) is 0 Å². The lowest BCUT2D eigenvalue weighted by molar-refractivity contribution is 0.102. The third kappa shape index (κ3) is 3.94. The molecular weight excluding hydrogens is 456 g/mol. The van der Waals surface area contributed by atoms with Gasteiger partial charge in [0.15, 0.2) is 10.8 Å². The Morgan fingerprint density at radius 2 is 2.10 bits per heavy atom. The molecule has 1 amide bonds. The number of carbonyl (C=O) groups is 1. The van der Waals surface area contributed by atoms with Gasteiger partial charge in [0.2, 0.25) is 0 Å². The predicted molar refractivity (Wildman–Crippen MR) is 121 cm³/mol. The largest absolute Gasteiger partial charge is 0.331 e. The molecule has 0 fully saturated rings. The van der Waals surface area contributed by atoms with Crippen LogP contribution in [0.1, 0.15) is 16.2 Å². The van der Waals surface area contributed by atoms with Gasteiger partial charge < -0.3 is 4.57 Å². The molecule has 1 aliphatic heterocycles. The molecule has 4 aromatic rings. The molecule has 9 nitrogen and oxygen atoms in total. The maximum atomic E-state index is 12.8. The van der Waals surface area contributed by atoms with E-state index >= 15 is 0 Å². The zero-order valence-corrected chi connectivity index (χ0v) is 18.9. The van der Waals surface area contributed by atoms with Crippen molar-refractivity contribution in [1.29, 1.82) is 0 Å². The Bertz CT molecular complexity index is 1370. The van der Waals surface area contributed by atoms with Crippen LogP contribution >= 0.6 is 22.7 Å². The van der Waals surface area contributed by atoms with E-state index < -0.39 is 10.0 Å². The molecule has 3 aromatic heterocycles. The highest BCUT2D eigenvalue weighted by atomic mass is 32.2. The molecule has 31 heavy (non-hydrogen) atoms. The van der Waals surface area contributed by atoms with Crippen molar-refractivity contribution in [2.75, 3.05) is 23.6 Å². The number of imidazole rings is 1. The molecule has 160 valence electrons. The summed E-state index contributed by atoms with van der Waals surface area (Å²) in [5.41, 5.74) is 2.40. The molecule has 1 aliphatic rings. The standard InChI is InChI=1S/C19H18N6O3S3/c1-24-6-7-25-11-20-17(14(25)10-24)18(26)22-19-21-13-5-4-12(9-15(13)30-19)23-31(27,28)16-3-2-8-29-16/h2-5,8-9,11,23H,6-7,10H2,1H3,(H,21,22,26). The second kappa shape index (κ2) is 7.71. The Balaban J connectivity index is 1.36. The number of thiophene rings is 1. The van der Waals surface area contributed by atoms with Crippen molar-refractivity contribution < 1.29 is 13.2 Å². The molecule has 2 N–H and O–H groups in total. The normalized spacial score (nSPS) is 14.5. The Morgan fingerprint density at radius 1 is 1.23 bits per heavy atom. The summed E-state index contributed by atoms with van der Waals surface area (Å²) in [6, 6.07) is 8.33. The number of sulfonamides is 1. The van der Waals surface area contributed by atoms with E-state index in [1.54, 1.807) is 42.0 Å². The fourth-order valence-corrected chi connectivity index (χ4v) is 6.33. The number of thiazole rings is 1. The highest BCUT2D eigenvalue weighted by Crippen LogP contribution is 2.30. The maximum absolute atomic E-state index is 12.8. The summed E-state index contributed by atoms with van der Waals surface area (Å²) in [5, 5.41) is 4.97. The van der Waals surface area contributed by atoms with Crippen LogP contribution in [0, 0.1) is 0 Å². The highest BCUT2D eigenvalue weighted by Gasteiger charge is 2.23. The number of anilines is 2. The van der Waals surface area contributed by atoms with Crippen LogP contribution in [-0.4, -0.2) is 47.4 Å². The molecule has 4 heterocycles. The van der Waals surface area contributed by atoms with Gasteiger partial charge in [-0.1, -0.05) is 17.4 Å². The summed E-state index contributed by atoms with van der Waals surface area (Å²) in [6.45, 7) is 2.38. The van der Waals surface area contributed by atoms with E-state index in [1.165, 1.54) is 11.3 Å². The first-order chi connectivity index (χ1) is 14.9. The second-order valence-corrected chi connectivity index (χ2v) is 11.1. The first kappa shape index (κ1) is 20.1. The van der Waals surface area contributed by atoms with Crippen molar-refractivity contribution in [3.63, 3.8) is 0 Å². The summed E-state index contributed by atoms with van der Waals surface area (Å²) >= 11 is 2.43. The zero-order chi connectivity index (χ0) is 21.6. The van der Waals surface area contributed by atoms with Crippen LogP contribution in [0.4, 0.5) is 10.8 Å². The minimum Gasteiger partial charge on any atom is -0.331 e. The van der Waals surface area contributed by atoms with Gasteiger partial charge >= 0.3 is 0 Å². The van der Waals surface area contributed by atoms with Crippen molar-refractivity contribution in [3.8, 4) is 0 Å². The van der Waals surface area contributed by atoms with Gasteiger partial charge in [0, 0.05) is 19.6 Å². The van der Waals surface area contributed by atoms with Crippen LogP contribution in [0.25, 0.3) is 10.2 Å². The number of hydrogen-bond donors (Lipinski definition) is 2. The van der Waals surface area contributed by atoms with Crippen molar-refractivity contribution >= 4 is 59.6 Å². The molecule has 0 atom stereocenters. The molecule has 0 unspecified atom stereocenters. The van der Waals surface area contributed by atoms with E-state index in [0.717, 1.165) is 34.8 Å². The number of amides is 1. The third-order valence-corrected chi connectivity index (χ3v) is 8.64. The molecule has 0 aliphatic carbocycles. The van der Waals surface area contributed by atoms with Gasteiger partial charge in [-0.25, -0.2) is 18.4 Å². The minimum atomic E-state index is -3.63. The molecule has 1 aromatic carbocycles. The second-order valence-electron chi connectivity index (χ2n) is 7.16. The molecule has 0 bridgehead atoms. The van der Waals surface area contributed by atoms with Crippen LogP contribution in [0.15, 0.2) is 46.2 Å². The fourth-order valence-electron chi connectivity index (χ4n) is 3.39. The average Bonchev–Trinajstić information content (AvgIpc) is 3.46. The van der Waals surface area contributed by atoms with Crippen molar-refractivity contribution in [3.05, 3.63) is 53.4 Å². The molecule has 0 spiro atoms. The quantitative estimate of drug-likeness (QED) is 0.460. The summed E-state index contributed by atoms with van der Waals surface area (Å²) in [7, 11) is -1.62. The van der Waals surface area contributed by atoms with E-state index in [2.05, 4.69) is 24.9 Å². The molecule has 0 saturated carbocycles. The summed E-state index contributed by atoms with van der Waals surface area (Å²) in [4.78, 5) is 23.7. The minimum absolute atomic E-state index is 0.249. The number of benzene rings is 1. The summed E-state index contributed by atoms with van der Waals surface area (Å²) in [6.07, 6.45) is 1.70. The third-order valence-electron chi connectivity index (χ3n) is 4.92. The van der Waals surface area contributed by atoms with Gasteiger partial charge in [0.1, 0.15) is 4.21 Å². The van der Waals surface area contributed by atoms with Crippen LogP contribution in [0.5, 0.6) is 0 Å². The Morgan fingerprint density at radius 3 is 2.90 bits per heavy atom. The van der Waals surface area contributed by atoms with E-state index in [-0.39, 0.29) is 10.1 Å². The topological polar surface area (TPSA) is 109 Å². The molecular formula is C19H18N6O3S3. The van der Waals surface area contributed by atoms with Gasteiger partial charge in [0.25, 0.3) is 15.9 Å². The number of likely N-dealkylation sites (N-methyl/N-ethyl adjacent to an activating group) is 1. The fraction of sp³-hybridized carbons (Fsp3) is 0.211. The SMILES string of the molecule is CN1CCn2cnc(C(=O)Nc3nc4ccc(NS(=O)(=O)c5cccs5)cc4s3)c2C1. The maximum Gasteiger partial charge on any atom is 0.277 e. The lowest BCUT2D eigenvalue weighted by Crippen LogP contribution is -2.31. The number of nitrogens with one attached hydrogen (secondary N) is 2. The predicted octanol–water partition coefficient (Wildman–Crippen LogP) is 3.05. The van der Waals surface area contributed by atoms with Gasteiger partial charge in [-0.2, -0.15) is 0 Å². The Kier molecular flexibility index (Phi) is 5.01. The molecule has 0 saturated heterocycles. The number of rotatable bonds is 5. The van der Waals surface area contributed by atoms with E-state index in [4.69, 9.17) is 0 Å². The van der Waals surface area contributed by atoms with Crippen molar-refractivity contribution in [2.45, 2.75) is 17.3 Å². The lowest BCUT2D eigenvalue weighted by atomic mass is 10.2. The number of nitrogens with zero attached hydrogens (tertiary/aromatic N) is 4. The molecule has 5 rings (SSSR count). The zero-order valence-electron chi connectivity index (χ0n) is 16.4. The summed E-state index contributed by atoms with van der Waals surface area (Å²) < 4.78 is 30.5. The van der Waals surface area contributed by atoms with E-state index in [9.17, 15) is 13.2 Å². The number of hydrogen-bond acceptors (Lipinski definition) is 8. The van der Waals surface area contributed by atoms with E-state index in [1.807, 2.05) is 11.6 Å². The first-order valence-electron chi connectivity index (χ1n) is 9.40. The summed E-state index contributed by atoms with van der Waals surface area (Å²) in [5.74, 6) is -0.304. The Hall–Kier alpha value is -2.80. The van der Waals surface area contributed by atoms with Crippen LogP contribution in [0.3, 0.4) is 0 Å². The lowest BCUT2D eigenvalue weighted by Gasteiger charge is -2.24. The van der Waals surface area contributed by atoms with Crippen LogP contribution in [-0.2, 0) is 23.1 Å². The monoisotopic (exact) mass is 474 g/mol. The number of carbonyl (C=O) groups excluding carboxylic acids is 1. The van der Waals surface area contributed by atoms with Crippen molar-refractivity contribution in [1.82, 2.24) is 19.4 Å². The van der Waals surface area contributed by atoms with Gasteiger partial charge in [-0.05, 0) is 36.7 Å². The van der Waals surface area contributed by atoms with Gasteiger partial charge in [-0.3, -0.25) is 19.7 Å². The number of fused-ring (bicyclic) bond motifs is 2.